The number of likely N-dealkylation sites (tertiary alicyclic amines) is 1. The van der Waals surface area contributed by atoms with Crippen LogP contribution in [0.4, 0.5) is 0 Å². The molecule has 1 aromatic carbocycles. The number of hydrogen-bond acceptors (Lipinski definition) is 3. The Bertz CT molecular complexity index is 696. The Morgan fingerprint density at radius 1 is 1.19 bits per heavy atom. The number of piperidine rings is 1. The first-order chi connectivity index (χ1) is 12.2. The Morgan fingerprint density at radius 3 is 2.58 bits per heavy atom. The van der Waals surface area contributed by atoms with Crippen molar-refractivity contribution in [3.63, 3.8) is 0 Å². The van der Waals surface area contributed by atoms with E-state index in [2.05, 4.69) is 55.5 Å². The number of rotatable bonds is 4. The monoisotopic (exact) mass is 465 g/mol. The molecule has 5 nitrogen and oxygen atoms in total. The minimum atomic E-state index is 0. The van der Waals surface area contributed by atoms with Gasteiger partial charge in [-0.15, -0.1) is 24.0 Å². The van der Waals surface area contributed by atoms with Gasteiger partial charge in [-0.1, -0.05) is 30.3 Å². The van der Waals surface area contributed by atoms with Crippen LogP contribution in [0.2, 0.25) is 0 Å². The fourth-order valence-corrected chi connectivity index (χ4v) is 3.40. The van der Waals surface area contributed by atoms with Gasteiger partial charge in [0.05, 0.1) is 12.2 Å². The molecular formula is C20H28IN5. The lowest BCUT2D eigenvalue weighted by Crippen LogP contribution is -2.45. The van der Waals surface area contributed by atoms with Gasteiger partial charge in [0.1, 0.15) is 5.82 Å². The largest absolute Gasteiger partial charge is 0.351 e. The molecule has 2 aromatic rings. The lowest BCUT2D eigenvalue weighted by atomic mass is 9.90. The quantitative estimate of drug-likeness (QED) is 0.427. The average molecular weight is 465 g/mol. The molecule has 1 aliphatic rings. The van der Waals surface area contributed by atoms with Crippen molar-refractivity contribution in [2.45, 2.75) is 32.7 Å². The summed E-state index contributed by atoms with van der Waals surface area (Å²) in [4.78, 5) is 15.4. The van der Waals surface area contributed by atoms with Gasteiger partial charge in [0.2, 0.25) is 0 Å². The van der Waals surface area contributed by atoms with Crippen LogP contribution >= 0.6 is 24.0 Å². The van der Waals surface area contributed by atoms with Crippen LogP contribution in [0, 0.1) is 12.8 Å². The molecule has 0 radical (unpaired) electrons. The van der Waals surface area contributed by atoms with Crippen molar-refractivity contribution in [2.24, 2.45) is 10.9 Å². The minimum absolute atomic E-state index is 0. The van der Waals surface area contributed by atoms with Crippen LogP contribution in [0.1, 0.15) is 29.9 Å². The first-order valence-corrected chi connectivity index (χ1v) is 9.02. The van der Waals surface area contributed by atoms with Gasteiger partial charge in [0.15, 0.2) is 5.96 Å². The van der Waals surface area contributed by atoms with Crippen molar-refractivity contribution in [1.82, 2.24) is 20.2 Å². The highest BCUT2D eigenvalue weighted by atomic mass is 127. The van der Waals surface area contributed by atoms with E-state index in [1.165, 1.54) is 24.8 Å². The van der Waals surface area contributed by atoms with E-state index in [1.54, 1.807) is 6.20 Å². The van der Waals surface area contributed by atoms with Gasteiger partial charge >= 0.3 is 0 Å². The first kappa shape index (κ1) is 20.6. The molecule has 0 atom stereocenters. The predicted octanol–water partition coefficient (Wildman–Crippen LogP) is 3.43. The molecule has 1 N–H and O–H groups in total. The zero-order chi connectivity index (χ0) is 17.5. The van der Waals surface area contributed by atoms with Crippen LogP contribution < -0.4 is 5.32 Å². The smallest absolute Gasteiger partial charge is 0.193 e. The van der Waals surface area contributed by atoms with Crippen LogP contribution in [0.3, 0.4) is 0 Å². The molecule has 1 aliphatic heterocycles. The van der Waals surface area contributed by atoms with Gasteiger partial charge < -0.3 is 10.2 Å². The maximum Gasteiger partial charge on any atom is 0.193 e. The lowest BCUT2D eigenvalue weighted by molar-refractivity contribution is 0.259. The third kappa shape index (κ3) is 5.93. The van der Waals surface area contributed by atoms with E-state index in [-0.39, 0.29) is 24.0 Å². The molecule has 26 heavy (non-hydrogen) atoms. The van der Waals surface area contributed by atoms with E-state index >= 15 is 0 Å². The molecule has 140 valence electrons. The number of halogens is 1. The van der Waals surface area contributed by atoms with Crippen LogP contribution in [0.25, 0.3) is 0 Å². The van der Waals surface area contributed by atoms with Gasteiger partial charge in [0, 0.05) is 26.3 Å². The van der Waals surface area contributed by atoms with Crippen molar-refractivity contribution in [1.29, 1.82) is 0 Å². The molecule has 0 aliphatic carbocycles. The number of aliphatic imine (C=N–C) groups is 1. The van der Waals surface area contributed by atoms with E-state index in [0.717, 1.165) is 36.5 Å². The van der Waals surface area contributed by atoms with Crippen LogP contribution in [-0.2, 0) is 13.0 Å². The van der Waals surface area contributed by atoms with E-state index in [9.17, 15) is 0 Å². The molecule has 0 bridgehead atoms. The van der Waals surface area contributed by atoms with Crippen molar-refractivity contribution in [3.05, 3.63) is 59.7 Å². The van der Waals surface area contributed by atoms with Gasteiger partial charge in [-0.05, 0) is 43.7 Å². The molecule has 1 saturated heterocycles. The fraction of sp³-hybridized carbons (Fsp3) is 0.450. The summed E-state index contributed by atoms with van der Waals surface area (Å²) in [5, 5.41) is 3.43. The second-order valence-corrected chi connectivity index (χ2v) is 6.62. The molecule has 2 heterocycles. The Balaban J connectivity index is 0.00000243. The molecule has 0 unspecified atom stereocenters. The number of benzene rings is 1. The summed E-state index contributed by atoms with van der Waals surface area (Å²) in [5.41, 5.74) is 2.44. The predicted molar refractivity (Wildman–Crippen MR) is 117 cm³/mol. The minimum Gasteiger partial charge on any atom is -0.351 e. The maximum absolute atomic E-state index is 4.45. The first-order valence-electron chi connectivity index (χ1n) is 9.02. The summed E-state index contributed by atoms with van der Waals surface area (Å²) >= 11 is 0. The number of guanidine groups is 1. The standard InChI is InChI=1S/C20H27N5.HI/c1-16-22-11-8-19(24-16)15-23-20(21-2)25-12-9-18(10-13-25)14-17-6-4-3-5-7-17;/h3-8,11,18H,9-10,12-15H2,1-2H3,(H,21,23);1H. The Labute approximate surface area is 173 Å². The van der Waals surface area contributed by atoms with Crippen molar-refractivity contribution < 1.29 is 0 Å². The normalized spacial score (nSPS) is 15.5. The second-order valence-electron chi connectivity index (χ2n) is 6.62. The third-order valence-electron chi connectivity index (χ3n) is 4.75. The zero-order valence-corrected chi connectivity index (χ0v) is 17.9. The molecule has 0 amide bonds. The SMILES string of the molecule is CN=C(NCc1ccnc(C)n1)N1CCC(Cc2ccccc2)CC1.I. The summed E-state index contributed by atoms with van der Waals surface area (Å²) < 4.78 is 0. The highest BCUT2D eigenvalue weighted by molar-refractivity contribution is 14.0. The molecule has 0 saturated carbocycles. The highest BCUT2D eigenvalue weighted by Gasteiger charge is 2.21. The molecule has 1 aromatic heterocycles. The number of aromatic nitrogens is 2. The second kappa shape index (κ2) is 10.4. The molecule has 3 rings (SSSR count). The molecule has 6 heteroatoms. The Hall–Kier alpha value is -1.70. The van der Waals surface area contributed by atoms with E-state index in [0.29, 0.717) is 6.54 Å². The Morgan fingerprint density at radius 2 is 1.92 bits per heavy atom. The van der Waals surface area contributed by atoms with Gasteiger partial charge in [-0.25, -0.2) is 9.97 Å². The molecule has 0 spiro atoms. The lowest BCUT2D eigenvalue weighted by Gasteiger charge is -2.34. The van der Waals surface area contributed by atoms with Crippen LogP contribution in [0.15, 0.2) is 47.6 Å². The van der Waals surface area contributed by atoms with Gasteiger partial charge in [-0.3, -0.25) is 4.99 Å². The number of nitrogens with one attached hydrogen (secondary N) is 1. The Kier molecular flexibility index (Phi) is 8.28. The van der Waals surface area contributed by atoms with E-state index < -0.39 is 0 Å². The summed E-state index contributed by atoms with van der Waals surface area (Å²) in [6.45, 7) is 4.70. The topological polar surface area (TPSA) is 53.4 Å². The maximum atomic E-state index is 4.45. The summed E-state index contributed by atoms with van der Waals surface area (Å²) in [6.07, 6.45) is 5.41. The van der Waals surface area contributed by atoms with Crippen molar-refractivity contribution >= 4 is 29.9 Å². The summed E-state index contributed by atoms with van der Waals surface area (Å²) in [6, 6.07) is 12.8. The number of aryl methyl sites for hydroxylation is 1. The van der Waals surface area contributed by atoms with Crippen LogP contribution in [-0.4, -0.2) is 41.0 Å². The summed E-state index contributed by atoms with van der Waals surface area (Å²) in [7, 11) is 1.85. The third-order valence-corrected chi connectivity index (χ3v) is 4.75. The number of hydrogen-bond donors (Lipinski definition) is 1. The summed E-state index contributed by atoms with van der Waals surface area (Å²) in [5.74, 6) is 2.53. The highest BCUT2D eigenvalue weighted by Crippen LogP contribution is 2.21. The van der Waals surface area contributed by atoms with E-state index in [4.69, 9.17) is 0 Å². The molecule has 1 fully saturated rings. The fourth-order valence-electron chi connectivity index (χ4n) is 3.40. The average Bonchev–Trinajstić information content (AvgIpc) is 2.64. The van der Waals surface area contributed by atoms with Crippen molar-refractivity contribution in [2.75, 3.05) is 20.1 Å². The molecular weight excluding hydrogens is 437 g/mol. The van der Waals surface area contributed by atoms with Crippen LogP contribution in [0.5, 0.6) is 0 Å². The van der Waals surface area contributed by atoms with Crippen molar-refractivity contribution in [3.8, 4) is 0 Å². The van der Waals surface area contributed by atoms with Gasteiger partial charge in [0.25, 0.3) is 0 Å². The van der Waals surface area contributed by atoms with Gasteiger partial charge in [-0.2, -0.15) is 0 Å². The zero-order valence-electron chi connectivity index (χ0n) is 15.6. The number of nitrogens with zero attached hydrogens (tertiary/aromatic N) is 4. The van der Waals surface area contributed by atoms with E-state index in [1.807, 2.05) is 20.0 Å².